The van der Waals surface area contributed by atoms with Crippen LogP contribution in [0.4, 0.5) is 0 Å². The van der Waals surface area contributed by atoms with Gasteiger partial charge in [-0.25, -0.2) is 17.5 Å². The number of aromatic carboxylic acids is 1. The van der Waals surface area contributed by atoms with Crippen LogP contribution >= 0.6 is 0 Å². The smallest absolute Gasteiger partial charge is 0.352 e. The van der Waals surface area contributed by atoms with Crippen LogP contribution < -0.4 is 0 Å². The van der Waals surface area contributed by atoms with Crippen LogP contribution in [0.2, 0.25) is 0 Å². The van der Waals surface area contributed by atoms with Crippen molar-refractivity contribution in [2.75, 3.05) is 13.6 Å². The number of hydrogen-bond donors (Lipinski definition) is 1. The summed E-state index contributed by atoms with van der Waals surface area (Å²) < 4.78 is 27.6. The molecule has 0 bridgehead atoms. The summed E-state index contributed by atoms with van der Waals surface area (Å²) >= 11 is 0. The summed E-state index contributed by atoms with van der Waals surface area (Å²) in [4.78, 5) is 11.1. The van der Waals surface area contributed by atoms with E-state index in [2.05, 4.69) is 0 Å². The lowest BCUT2D eigenvalue weighted by molar-refractivity contribution is 0.0685. The number of carbonyl (C=O) groups is 1. The molecule has 0 amide bonds. The van der Waals surface area contributed by atoms with Gasteiger partial charge in [0.15, 0.2) is 0 Å². The molecule has 1 N–H and O–H groups in total. The van der Waals surface area contributed by atoms with Gasteiger partial charge in [-0.3, -0.25) is 0 Å². The summed E-state index contributed by atoms with van der Waals surface area (Å²) in [5, 5.41) is 9.08. The number of hydrogen-bond acceptors (Lipinski definition) is 3. The van der Waals surface area contributed by atoms with Gasteiger partial charge in [-0.15, -0.1) is 0 Å². The van der Waals surface area contributed by atoms with Crippen LogP contribution in [0.1, 0.15) is 36.7 Å². The molecule has 1 heterocycles. The van der Waals surface area contributed by atoms with Crippen LogP contribution in [-0.4, -0.2) is 42.0 Å². The van der Waals surface area contributed by atoms with E-state index in [-0.39, 0.29) is 10.6 Å². The molecule has 20 heavy (non-hydrogen) atoms. The highest BCUT2D eigenvalue weighted by atomic mass is 32.2. The van der Waals surface area contributed by atoms with Gasteiger partial charge in [0, 0.05) is 26.3 Å². The second kappa shape index (κ2) is 5.57. The molecule has 7 heteroatoms. The summed E-state index contributed by atoms with van der Waals surface area (Å²) in [6.07, 6.45) is 4.69. The minimum atomic E-state index is -3.61. The fraction of sp³-hybridized carbons (Fsp3) is 0.615. The lowest BCUT2D eigenvalue weighted by atomic mass is 9.86. The zero-order valence-electron chi connectivity index (χ0n) is 11.7. The molecule has 0 aliphatic heterocycles. The van der Waals surface area contributed by atoms with Gasteiger partial charge >= 0.3 is 5.97 Å². The second-order valence-electron chi connectivity index (χ2n) is 5.23. The molecule has 112 valence electrons. The molecule has 1 aliphatic rings. The van der Waals surface area contributed by atoms with E-state index in [0.717, 1.165) is 19.3 Å². The van der Waals surface area contributed by atoms with E-state index < -0.39 is 16.0 Å². The van der Waals surface area contributed by atoms with Crippen LogP contribution in [-0.2, 0) is 16.6 Å². The van der Waals surface area contributed by atoms with Crippen molar-refractivity contribution in [1.29, 1.82) is 0 Å². The molecule has 0 spiro atoms. The number of nitrogens with zero attached hydrogens (tertiary/aromatic N) is 2. The molecule has 1 aromatic rings. The third kappa shape index (κ3) is 2.73. The maximum Gasteiger partial charge on any atom is 0.352 e. The number of carboxylic acid groups (broad SMARTS) is 1. The highest BCUT2D eigenvalue weighted by molar-refractivity contribution is 7.89. The fourth-order valence-corrected chi connectivity index (χ4v) is 3.67. The molecule has 1 saturated carbocycles. The first-order valence-electron chi connectivity index (χ1n) is 6.76. The predicted molar refractivity (Wildman–Crippen MR) is 74.2 cm³/mol. The standard InChI is InChI=1S/C13H20N2O4S/c1-3-15-9-11(7-12(15)13(16)17)20(18,19)14(2)8-10-5-4-6-10/h7,9-10H,3-6,8H2,1-2H3,(H,16,17). The summed E-state index contributed by atoms with van der Waals surface area (Å²) in [7, 11) is -2.05. The number of carboxylic acids is 1. The van der Waals surface area contributed by atoms with Gasteiger partial charge in [-0.05, 0) is 31.7 Å². The zero-order valence-corrected chi connectivity index (χ0v) is 12.6. The molecule has 0 unspecified atom stereocenters. The Labute approximate surface area is 119 Å². The van der Waals surface area contributed by atoms with Crippen molar-refractivity contribution in [2.24, 2.45) is 5.92 Å². The Morgan fingerprint density at radius 3 is 2.55 bits per heavy atom. The summed E-state index contributed by atoms with van der Waals surface area (Å²) in [6, 6.07) is 1.23. The molecule has 0 aromatic carbocycles. The van der Waals surface area contributed by atoms with E-state index in [4.69, 9.17) is 5.11 Å². The van der Waals surface area contributed by atoms with E-state index >= 15 is 0 Å². The van der Waals surface area contributed by atoms with Crippen LogP contribution in [0.5, 0.6) is 0 Å². The molecular formula is C13H20N2O4S. The Bertz CT molecular complexity index is 602. The Hall–Kier alpha value is -1.34. The molecule has 1 fully saturated rings. The van der Waals surface area contributed by atoms with Crippen molar-refractivity contribution < 1.29 is 18.3 Å². The summed E-state index contributed by atoms with van der Waals surface area (Å²) in [6.45, 7) is 2.70. The molecule has 6 nitrogen and oxygen atoms in total. The van der Waals surface area contributed by atoms with Crippen molar-refractivity contribution in [2.45, 2.75) is 37.6 Å². The van der Waals surface area contributed by atoms with Crippen molar-refractivity contribution in [3.05, 3.63) is 18.0 Å². The SMILES string of the molecule is CCn1cc(S(=O)(=O)N(C)CC2CCC2)cc1C(=O)O. The summed E-state index contributed by atoms with van der Waals surface area (Å²) in [5.74, 6) is -0.683. The molecule has 2 rings (SSSR count). The van der Waals surface area contributed by atoms with Gasteiger partial charge in [0.2, 0.25) is 10.0 Å². The van der Waals surface area contributed by atoms with Crippen LogP contribution in [0.3, 0.4) is 0 Å². The average molecular weight is 300 g/mol. The first kappa shape index (κ1) is 15.1. The molecule has 0 saturated heterocycles. The summed E-state index contributed by atoms with van der Waals surface area (Å²) in [5.41, 5.74) is 0.00289. The van der Waals surface area contributed by atoms with Crippen molar-refractivity contribution in [3.8, 4) is 0 Å². The number of aromatic nitrogens is 1. The lowest BCUT2D eigenvalue weighted by Crippen LogP contribution is -2.34. The second-order valence-corrected chi connectivity index (χ2v) is 7.28. The first-order valence-corrected chi connectivity index (χ1v) is 8.20. The Morgan fingerprint density at radius 2 is 2.15 bits per heavy atom. The highest BCUT2D eigenvalue weighted by Gasteiger charge is 2.28. The molecule has 0 atom stereocenters. The van der Waals surface area contributed by atoms with E-state index in [1.807, 2.05) is 0 Å². The van der Waals surface area contributed by atoms with Gasteiger partial charge in [0.05, 0.1) is 0 Å². The van der Waals surface area contributed by atoms with Crippen LogP contribution in [0.25, 0.3) is 0 Å². The lowest BCUT2D eigenvalue weighted by Gasteiger charge is -2.29. The van der Waals surface area contributed by atoms with Gasteiger partial charge in [-0.1, -0.05) is 6.42 Å². The van der Waals surface area contributed by atoms with Crippen LogP contribution in [0, 0.1) is 5.92 Å². The van der Waals surface area contributed by atoms with Gasteiger partial charge in [0.25, 0.3) is 0 Å². The molecule has 0 radical (unpaired) electrons. The Kier molecular flexibility index (Phi) is 4.19. The third-order valence-electron chi connectivity index (χ3n) is 3.88. The molecular weight excluding hydrogens is 280 g/mol. The predicted octanol–water partition coefficient (Wildman–Crippen LogP) is 1.63. The maximum atomic E-state index is 12.4. The van der Waals surface area contributed by atoms with E-state index in [0.29, 0.717) is 19.0 Å². The minimum Gasteiger partial charge on any atom is -0.477 e. The number of aryl methyl sites for hydroxylation is 1. The molecule has 1 aliphatic carbocycles. The normalized spacial score (nSPS) is 16.4. The van der Waals surface area contributed by atoms with Crippen molar-refractivity contribution >= 4 is 16.0 Å². The maximum absolute atomic E-state index is 12.4. The zero-order chi connectivity index (χ0) is 14.9. The fourth-order valence-electron chi connectivity index (χ4n) is 2.38. The Balaban J connectivity index is 2.26. The van der Waals surface area contributed by atoms with Crippen LogP contribution in [0.15, 0.2) is 17.2 Å². The van der Waals surface area contributed by atoms with Gasteiger partial charge in [-0.2, -0.15) is 0 Å². The molecule has 1 aromatic heterocycles. The van der Waals surface area contributed by atoms with Gasteiger partial charge in [0.1, 0.15) is 10.6 Å². The average Bonchev–Trinajstić information content (AvgIpc) is 2.78. The topological polar surface area (TPSA) is 79.6 Å². The van der Waals surface area contributed by atoms with E-state index in [1.165, 1.54) is 21.1 Å². The van der Waals surface area contributed by atoms with E-state index in [9.17, 15) is 13.2 Å². The third-order valence-corrected chi connectivity index (χ3v) is 5.67. The quantitative estimate of drug-likeness (QED) is 0.866. The number of rotatable bonds is 6. The highest BCUT2D eigenvalue weighted by Crippen LogP contribution is 2.28. The van der Waals surface area contributed by atoms with Crippen molar-refractivity contribution in [1.82, 2.24) is 8.87 Å². The largest absolute Gasteiger partial charge is 0.477 e. The Morgan fingerprint density at radius 1 is 1.50 bits per heavy atom. The minimum absolute atomic E-state index is 0.00289. The number of sulfonamides is 1. The monoisotopic (exact) mass is 300 g/mol. The van der Waals surface area contributed by atoms with Crippen molar-refractivity contribution in [3.63, 3.8) is 0 Å². The van der Waals surface area contributed by atoms with E-state index in [1.54, 1.807) is 14.0 Å². The first-order chi connectivity index (χ1) is 9.36. The van der Waals surface area contributed by atoms with Gasteiger partial charge < -0.3 is 9.67 Å².